The van der Waals surface area contributed by atoms with Gasteiger partial charge in [-0.05, 0) is 37.5 Å². The highest BCUT2D eigenvalue weighted by molar-refractivity contribution is 5.79. The van der Waals surface area contributed by atoms with Crippen LogP contribution in [0.15, 0.2) is 42.6 Å². The fourth-order valence-corrected chi connectivity index (χ4v) is 3.50. The first-order chi connectivity index (χ1) is 12.1. The van der Waals surface area contributed by atoms with Gasteiger partial charge in [0.25, 0.3) is 0 Å². The van der Waals surface area contributed by atoms with Crippen molar-refractivity contribution < 1.29 is 9.18 Å². The Morgan fingerprint density at radius 1 is 1.32 bits per heavy atom. The molecule has 2 aromatic heterocycles. The molecule has 0 spiro atoms. The van der Waals surface area contributed by atoms with Gasteiger partial charge < -0.3 is 9.72 Å². The monoisotopic (exact) mass is 337 g/mol. The quantitative estimate of drug-likeness (QED) is 0.798. The summed E-state index contributed by atoms with van der Waals surface area (Å²) in [5.74, 6) is -0.401. The minimum Gasteiger partial charge on any atom is -0.352 e. The summed E-state index contributed by atoms with van der Waals surface area (Å²) in [5.41, 5.74) is 4.82. The average Bonchev–Trinajstić information content (AvgIpc) is 2.98. The van der Waals surface area contributed by atoms with Gasteiger partial charge in [0.2, 0.25) is 5.91 Å². The van der Waals surface area contributed by atoms with Gasteiger partial charge in [-0.15, -0.1) is 0 Å². The molecule has 1 aromatic carbocycles. The van der Waals surface area contributed by atoms with Crippen LogP contribution in [0.5, 0.6) is 0 Å². The number of fused-ring (bicyclic) bond motifs is 3. The van der Waals surface area contributed by atoms with Gasteiger partial charge in [0.05, 0.1) is 5.69 Å². The number of imidazole rings is 1. The molecule has 1 N–H and O–H groups in total. The number of aromatic nitrogens is 2. The molecule has 0 fully saturated rings. The Kier molecular flexibility index (Phi) is 3.99. The molecule has 1 aliphatic rings. The van der Waals surface area contributed by atoms with Gasteiger partial charge >= 0.3 is 0 Å². The standard InChI is InChI=1S/C20H20FN3O/c1-13-6-9-19-23-17-8-7-14(10-18(17)24(19)12-13)20(25)22-11-15-4-2-3-5-16(15)21/h2-6,9,12,14H,7-8,10-11H2,1H3,(H,22,25). The molecule has 1 unspecified atom stereocenters. The Morgan fingerprint density at radius 3 is 3.00 bits per heavy atom. The van der Waals surface area contributed by atoms with Crippen LogP contribution in [0.25, 0.3) is 5.65 Å². The Morgan fingerprint density at radius 2 is 2.16 bits per heavy atom. The summed E-state index contributed by atoms with van der Waals surface area (Å²) in [5, 5.41) is 2.88. The van der Waals surface area contributed by atoms with Gasteiger partial charge in [0, 0.05) is 36.3 Å². The Balaban J connectivity index is 1.50. The van der Waals surface area contributed by atoms with Gasteiger partial charge in [0.15, 0.2) is 0 Å². The lowest BCUT2D eigenvalue weighted by atomic mass is 9.89. The van der Waals surface area contributed by atoms with Crippen LogP contribution >= 0.6 is 0 Å². The number of carbonyl (C=O) groups excluding carboxylic acids is 1. The van der Waals surface area contributed by atoms with Crippen LogP contribution in [0.3, 0.4) is 0 Å². The number of hydrogen-bond donors (Lipinski definition) is 1. The lowest BCUT2D eigenvalue weighted by Crippen LogP contribution is -2.34. The van der Waals surface area contributed by atoms with E-state index in [4.69, 9.17) is 0 Å². The van der Waals surface area contributed by atoms with Gasteiger partial charge in [-0.1, -0.05) is 24.3 Å². The minimum atomic E-state index is -0.286. The third-order valence-electron chi connectivity index (χ3n) is 4.90. The lowest BCUT2D eigenvalue weighted by molar-refractivity contribution is -0.125. The molecule has 0 aliphatic heterocycles. The summed E-state index contributed by atoms with van der Waals surface area (Å²) in [7, 11) is 0. The van der Waals surface area contributed by atoms with Crippen LogP contribution in [0.1, 0.15) is 28.9 Å². The van der Waals surface area contributed by atoms with Crippen molar-refractivity contribution >= 4 is 11.6 Å². The molecule has 4 nitrogen and oxygen atoms in total. The number of nitrogens with zero attached hydrogens (tertiary/aromatic N) is 2. The molecular formula is C20H20FN3O. The van der Waals surface area contributed by atoms with Crippen LogP contribution in [-0.4, -0.2) is 15.3 Å². The van der Waals surface area contributed by atoms with E-state index in [0.717, 1.165) is 29.9 Å². The fourth-order valence-electron chi connectivity index (χ4n) is 3.50. The largest absolute Gasteiger partial charge is 0.352 e. The summed E-state index contributed by atoms with van der Waals surface area (Å²) in [4.78, 5) is 17.2. The molecule has 0 saturated heterocycles. The zero-order chi connectivity index (χ0) is 17.4. The van der Waals surface area contributed by atoms with Crippen molar-refractivity contribution in [3.63, 3.8) is 0 Å². The third-order valence-corrected chi connectivity index (χ3v) is 4.90. The maximum absolute atomic E-state index is 13.7. The molecule has 3 aromatic rings. The second kappa shape index (κ2) is 6.31. The van der Waals surface area contributed by atoms with Gasteiger partial charge in [-0.2, -0.15) is 0 Å². The number of carbonyl (C=O) groups is 1. The highest BCUT2D eigenvalue weighted by atomic mass is 19.1. The van der Waals surface area contributed by atoms with Crippen molar-refractivity contribution in [2.75, 3.05) is 0 Å². The molecule has 0 bridgehead atoms. The molecule has 0 radical (unpaired) electrons. The van der Waals surface area contributed by atoms with Gasteiger partial charge in [-0.3, -0.25) is 4.79 Å². The number of pyridine rings is 1. The van der Waals surface area contributed by atoms with E-state index < -0.39 is 0 Å². The molecular weight excluding hydrogens is 317 g/mol. The molecule has 4 rings (SSSR count). The van der Waals surface area contributed by atoms with E-state index in [1.165, 1.54) is 11.6 Å². The first-order valence-corrected chi connectivity index (χ1v) is 8.59. The highest BCUT2D eigenvalue weighted by Gasteiger charge is 2.28. The van der Waals surface area contributed by atoms with E-state index in [-0.39, 0.29) is 24.2 Å². The average molecular weight is 337 g/mol. The zero-order valence-corrected chi connectivity index (χ0v) is 14.1. The van der Waals surface area contributed by atoms with Crippen molar-refractivity contribution in [3.05, 3.63) is 70.9 Å². The van der Waals surface area contributed by atoms with Crippen molar-refractivity contribution in [1.82, 2.24) is 14.7 Å². The topological polar surface area (TPSA) is 46.4 Å². The Hall–Kier alpha value is -2.69. The minimum absolute atomic E-state index is 0.0171. The van der Waals surface area contributed by atoms with E-state index in [1.54, 1.807) is 18.2 Å². The number of amides is 1. The van der Waals surface area contributed by atoms with E-state index in [1.807, 2.05) is 19.1 Å². The normalized spacial score (nSPS) is 16.6. The van der Waals surface area contributed by atoms with E-state index in [0.29, 0.717) is 12.0 Å². The predicted octanol–water partition coefficient (Wildman–Crippen LogP) is 3.20. The number of benzene rings is 1. The maximum atomic E-state index is 13.7. The lowest BCUT2D eigenvalue weighted by Gasteiger charge is -2.21. The van der Waals surface area contributed by atoms with Crippen LogP contribution in [0.2, 0.25) is 0 Å². The smallest absolute Gasteiger partial charge is 0.223 e. The van der Waals surface area contributed by atoms with E-state index in [9.17, 15) is 9.18 Å². The Labute approximate surface area is 145 Å². The van der Waals surface area contributed by atoms with E-state index in [2.05, 4.69) is 20.9 Å². The Bertz CT molecular complexity index is 947. The number of hydrogen-bond acceptors (Lipinski definition) is 2. The summed E-state index contributed by atoms with van der Waals surface area (Å²) >= 11 is 0. The molecule has 1 aliphatic carbocycles. The molecule has 128 valence electrons. The van der Waals surface area contributed by atoms with Crippen molar-refractivity contribution in [3.8, 4) is 0 Å². The van der Waals surface area contributed by atoms with Crippen LogP contribution in [0, 0.1) is 18.7 Å². The van der Waals surface area contributed by atoms with Crippen LogP contribution in [0.4, 0.5) is 4.39 Å². The highest BCUT2D eigenvalue weighted by Crippen LogP contribution is 2.27. The van der Waals surface area contributed by atoms with Crippen LogP contribution in [-0.2, 0) is 24.2 Å². The molecule has 5 heteroatoms. The van der Waals surface area contributed by atoms with Crippen molar-refractivity contribution in [1.29, 1.82) is 0 Å². The van der Waals surface area contributed by atoms with Crippen LogP contribution < -0.4 is 5.32 Å². The number of nitrogens with one attached hydrogen (secondary N) is 1. The zero-order valence-electron chi connectivity index (χ0n) is 14.1. The van der Waals surface area contributed by atoms with Crippen molar-refractivity contribution in [2.45, 2.75) is 32.7 Å². The molecule has 1 amide bonds. The number of aryl methyl sites for hydroxylation is 2. The molecule has 2 heterocycles. The summed E-state index contributed by atoms with van der Waals surface area (Å²) in [6, 6.07) is 10.6. The van der Waals surface area contributed by atoms with Gasteiger partial charge in [-0.25, -0.2) is 9.37 Å². The number of rotatable bonds is 3. The molecule has 0 saturated carbocycles. The summed E-state index contributed by atoms with van der Waals surface area (Å²) in [6.07, 6.45) is 4.32. The molecule has 25 heavy (non-hydrogen) atoms. The maximum Gasteiger partial charge on any atom is 0.223 e. The summed E-state index contributed by atoms with van der Waals surface area (Å²) < 4.78 is 15.8. The molecule has 1 atom stereocenters. The number of halogens is 1. The third kappa shape index (κ3) is 3.02. The first-order valence-electron chi connectivity index (χ1n) is 8.59. The van der Waals surface area contributed by atoms with Crippen molar-refractivity contribution in [2.24, 2.45) is 5.92 Å². The second-order valence-electron chi connectivity index (χ2n) is 6.69. The predicted molar refractivity (Wildman–Crippen MR) is 93.7 cm³/mol. The first kappa shape index (κ1) is 15.8. The summed E-state index contributed by atoms with van der Waals surface area (Å²) in [6.45, 7) is 2.27. The van der Waals surface area contributed by atoms with Gasteiger partial charge in [0.1, 0.15) is 11.5 Å². The second-order valence-corrected chi connectivity index (χ2v) is 6.69. The fraction of sp³-hybridized carbons (Fsp3) is 0.300. The SMILES string of the molecule is Cc1ccc2nc3c(n2c1)CC(C(=O)NCc1ccccc1F)CC3. The van der Waals surface area contributed by atoms with E-state index >= 15 is 0 Å².